The SMILES string of the molecule is COc1cccc(OC)c1-c1ccc2ccc(C)cc2c1F. The Labute approximate surface area is 129 Å². The van der Waals surface area contributed by atoms with Gasteiger partial charge in [-0.25, -0.2) is 4.39 Å². The number of hydrogen-bond acceptors (Lipinski definition) is 2. The first kappa shape index (κ1) is 14.4. The third-order valence-corrected chi connectivity index (χ3v) is 3.81. The van der Waals surface area contributed by atoms with Crippen molar-refractivity contribution in [3.63, 3.8) is 0 Å². The van der Waals surface area contributed by atoms with Gasteiger partial charge in [-0.15, -0.1) is 0 Å². The Hall–Kier alpha value is -2.55. The van der Waals surface area contributed by atoms with E-state index in [2.05, 4.69) is 0 Å². The maximum absolute atomic E-state index is 15.1. The highest BCUT2D eigenvalue weighted by Crippen LogP contribution is 2.41. The molecular formula is C19H17FO2. The van der Waals surface area contributed by atoms with Crippen LogP contribution in [0, 0.1) is 12.7 Å². The van der Waals surface area contributed by atoms with Gasteiger partial charge in [-0.1, -0.05) is 35.9 Å². The van der Waals surface area contributed by atoms with Crippen LogP contribution in [0.5, 0.6) is 11.5 Å². The minimum atomic E-state index is -0.260. The predicted molar refractivity (Wildman–Crippen MR) is 87.2 cm³/mol. The second-order valence-corrected chi connectivity index (χ2v) is 5.19. The molecule has 0 aromatic heterocycles. The zero-order chi connectivity index (χ0) is 15.7. The largest absolute Gasteiger partial charge is 0.496 e. The highest BCUT2D eigenvalue weighted by molar-refractivity contribution is 5.91. The van der Waals surface area contributed by atoms with Crippen LogP contribution in [-0.4, -0.2) is 14.2 Å². The van der Waals surface area contributed by atoms with Crippen molar-refractivity contribution < 1.29 is 13.9 Å². The van der Waals surface area contributed by atoms with Crippen LogP contribution in [0.15, 0.2) is 48.5 Å². The number of benzene rings is 3. The van der Waals surface area contributed by atoms with Crippen LogP contribution in [0.1, 0.15) is 5.56 Å². The Morgan fingerprint density at radius 1 is 0.864 bits per heavy atom. The highest BCUT2D eigenvalue weighted by Gasteiger charge is 2.17. The zero-order valence-electron chi connectivity index (χ0n) is 12.8. The highest BCUT2D eigenvalue weighted by atomic mass is 19.1. The van der Waals surface area contributed by atoms with Gasteiger partial charge >= 0.3 is 0 Å². The molecule has 3 rings (SSSR count). The molecule has 0 aliphatic rings. The second kappa shape index (κ2) is 5.68. The molecule has 0 aliphatic heterocycles. The van der Waals surface area contributed by atoms with Gasteiger partial charge in [0.05, 0.1) is 19.8 Å². The van der Waals surface area contributed by atoms with Gasteiger partial charge in [-0.2, -0.15) is 0 Å². The molecule has 0 amide bonds. The van der Waals surface area contributed by atoms with Gasteiger partial charge in [-0.05, 0) is 30.5 Å². The fourth-order valence-corrected chi connectivity index (χ4v) is 2.71. The van der Waals surface area contributed by atoms with Crippen LogP contribution in [0.25, 0.3) is 21.9 Å². The van der Waals surface area contributed by atoms with E-state index in [9.17, 15) is 0 Å². The topological polar surface area (TPSA) is 18.5 Å². The van der Waals surface area contributed by atoms with Gasteiger partial charge in [0.25, 0.3) is 0 Å². The summed E-state index contributed by atoms with van der Waals surface area (Å²) in [5.41, 5.74) is 2.14. The Kier molecular flexibility index (Phi) is 3.72. The lowest BCUT2D eigenvalue weighted by molar-refractivity contribution is 0.397. The lowest BCUT2D eigenvalue weighted by atomic mass is 9.98. The molecule has 3 aromatic carbocycles. The van der Waals surface area contributed by atoms with Crippen molar-refractivity contribution in [2.24, 2.45) is 0 Å². The molecule has 0 spiro atoms. The van der Waals surface area contributed by atoms with E-state index in [4.69, 9.17) is 9.47 Å². The summed E-state index contributed by atoms with van der Waals surface area (Å²) in [6.07, 6.45) is 0. The first-order chi connectivity index (χ1) is 10.7. The van der Waals surface area contributed by atoms with Crippen LogP contribution in [-0.2, 0) is 0 Å². The van der Waals surface area contributed by atoms with E-state index < -0.39 is 0 Å². The van der Waals surface area contributed by atoms with Crippen molar-refractivity contribution in [1.82, 2.24) is 0 Å². The van der Waals surface area contributed by atoms with E-state index in [0.717, 1.165) is 10.9 Å². The quantitative estimate of drug-likeness (QED) is 0.679. The fourth-order valence-electron chi connectivity index (χ4n) is 2.71. The number of ether oxygens (including phenoxy) is 2. The van der Waals surface area contributed by atoms with Gasteiger partial charge in [0.2, 0.25) is 0 Å². The molecule has 2 nitrogen and oxygen atoms in total. The summed E-state index contributed by atoms with van der Waals surface area (Å²) in [6, 6.07) is 14.9. The molecule has 0 atom stereocenters. The summed E-state index contributed by atoms with van der Waals surface area (Å²) in [5.74, 6) is 0.916. The van der Waals surface area contributed by atoms with Gasteiger partial charge in [0, 0.05) is 10.9 Å². The standard InChI is InChI=1S/C19H17FO2/c1-12-7-8-13-9-10-14(19(20)15(13)11-12)18-16(21-2)5-4-6-17(18)22-3/h4-11H,1-3H3. The third kappa shape index (κ3) is 2.29. The van der Waals surface area contributed by atoms with E-state index in [-0.39, 0.29) is 5.82 Å². The summed E-state index contributed by atoms with van der Waals surface area (Å²) in [4.78, 5) is 0. The van der Waals surface area contributed by atoms with E-state index in [0.29, 0.717) is 28.0 Å². The molecule has 0 saturated heterocycles. The number of fused-ring (bicyclic) bond motifs is 1. The average Bonchev–Trinajstić information content (AvgIpc) is 2.55. The Morgan fingerprint density at radius 2 is 1.50 bits per heavy atom. The third-order valence-electron chi connectivity index (χ3n) is 3.81. The van der Waals surface area contributed by atoms with Gasteiger partial charge in [0.1, 0.15) is 17.3 Å². The van der Waals surface area contributed by atoms with Crippen molar-refractivity contribution in [3.8, 4) is 22.6 Å². The van der Waals surface area contributed by atoms with E-state index >= 15 is 4.39 Å². The van der Waals surface area contributed by atoms with Crippen molar-refractivity contribution in [1.29, 1.82) is 0 Å². The Bertz CT molecular complexity index is 818. The molecule has 22 heavy (non-hydrogen) atoms. The minimum Gasteiger partial charge on any atom is -0.496 e. The molecule has 0 saturated carbocycles. The minimum absolute atomic E-state index is 0.260. The van der Waals surface area contributed by atoms with Crippen LogP contribution in [0.2, 0.25) is 0 Å². The molecular weight excluding hydrogens is 279 g/mol. The van der Waals surface area contributed by atoms with Crippen molar-refractivity contribution in [2.45, 2.75) is 6.92 Å². The second-order valence-electron chi connectivity index (χ2n) is 5.19. The molecule has 0 radical (unpaired) electrons. The van der Waals surface area contributed by atoms with Gasteiger partial charge < -0.3 is 9.47 Å². The van der Waals surface area contributed by atoms with Crippen LogP contribution < -0.4 is 9.47 Å². The molecule has 0 fully saturated rings. The Balaban J connectivity index is 2.34. The summed E-state index contributed by atoms with van der Waals surface area (Å²) in [7, 11) is 3.14. The lowest BCUT2D eigenvalue weighted by Crippen LogP contribution is -1.95. The predicted octanol–water partition coefficient (Wildman–Crippen LogP) is 4.97. The van der Waals surface area contributed by atoms with Crippen molar-refractivity contribution >= 4 is 10.8 Å². The maximum atomic E-state index is 15.1. The number of hydrogen-bond donors (Lipinski definition) is 0. The summed E-state index contributed by atoms with van der Waals surface area (Å²) >= 11 is 0. The van der Waals surface area contributed by atoms with Gasteiger partial charge in [-0.3, -0.25) is 0 Å². The van der Waals surface area contributed by atoms with E-state index in [1.54, 1.807) is 32.4 Å². The molecule has 0 heterocycles. The van der Waals surface area contributed by atoms with E-state index in [1.807, 2.05) is 37.3 Å². The monoisotopic (exact) mass is 296 g/mol. The van der Waals surface area contributed by atoms with Crippen LogP contribution in [0.4, 0.5) is 4.39 Å². The summed E-state index contributed by atoms with van der Waals surface area (Å²) in [5, 5.41) is 1.48. The molecule has 0 bridgehead atoms. The average molecular weight is 296 g/mol. The molecule has 3 heteroatoms. The summed E-state index contributed by atoms with van der Waals surface area (Å²) in [6.45, 7) is 1.95. The first-order valence-corrected chi connectivity index (χ1v) is 7.06. The van der Waals surface area contributed by atoms with Crippen LogP contribution in [0.3, 0.4) is 0 Å². The first-order valence-electron chi connectivity index (χ1n) is 7.06. The normalized spacial score (nSPS) is 10.7. The number of methoxy groups -OCH3 is 2. The zero-order valence-corrected chi connectivity index (χ0v) is 12.8. The number of rotatable bonds is 3. The molecule has 0 N–H and O–H groups in total. The van der Waals surface area contributed by atoms with Gasteiger partial charge in [0.15, 0.2) is 0 Å². The summed E-state index contributed by atoms with van der Waals surface area (Å²) < 4.78 is 25.8. The fraction of sp³-hybridized carbons (Fsp3) is 0.158. The Morgan fingerprint density at radius 3 is 2.14 bits per heavy atom. The van der Waals surface area contributed by atoms with Crippen molar-refractivity contribution in [2.75, 3.05) is 14.2 Å². The lowest BCUT2D eigenvalue weighted by Gasteiger charge is -2.15. The van der Waals surface area contributed by atoms with E-state index in [1.165, 1.54) is 0 Å². The smallest absolute Gasteiger partial charge is 0.139 e. The molecule has 0 aliphatic carbocycles. The molecule has 3 aromatic rings. The molecule has 112 valence electrons. The maximum Gasteiger partial charge on any atom is 0.139 e. The number of aryl methyl sites for hydroxylation is 1. The number of halogens is 1. The molecule has 0 unspecified atom stereocenters. The van der Waals surface area contributed by atoms with Crippen molar-refractivity contribution in [3.05, 3.63) is 59.9 Å². The van der Waals surface area contributed by atoms with Crippen LogP contribution >= 0.6 is 0 Å².